The smallest absolute Gasteiger partial charge is 0.211 e. The first-order valence-corrected chi connectivity index (χ1v) is 5.62. The van der Waals surface area contributed by atoms with Crippen LogP contribution >= 0.6 is 0 Å². The van der Waals surface area contributed by atoms with E-state index in [2.05, 4.69) is 30.4 Å². The molecule has 0 aliphatic heterocycles. The minimum Gasteiger partial charge on any atom is -0.328 e. The second-order valence-corrected chi connectivity index (χ2v) is 4.41. The quantitative estimate of drug-likeness (QED) is 0.736. The monoisotopic (exact) mass is 203 g/mol. The van der Waals surface area contributed by atoms with Gasteiger partial charge in [-0.2, -0.15) is 0 Å². The number of hydrogen-bond acceptors (Lipinski definition) is 1. The predicted octanol–water partition coefficient (Wildman–Crippen LogP) is 2.77. The Kier molecular flexibility index (Phi) is 3.05. The molecule has 0 heterocycles. The van der Waals surface area contributed by atoms with E-state index >= 15 is 0 Å². The molecule has 2 heteroatoms. The fraction of sp³-hybridized carbons (Fsp3) is 0.462. The Bertz CT molecular complexity index is 360. The molecule has 2 nitrogen and oxygen atoms in total. The summed E-state index contributed by atoms with van der Waals surface area (Å²) < 4.78 is 0. The molecule has 0 fully saturated rings. The highest BCUT2D eigenvalue weighted by molar-refractivity contribution is 5.76. The number of para-hydroxylation sites is 1. The molecule has 1 aliphatic carbocycles. The maximum absolute atomic E-state index is 10.6. The van der Waals surface area contributed by atoms with Gasteiger partial charge in [0.05, 0.1) is 0 Å². The number of nitrogens with one attached hydrogen (secondary N) is 1. The van der Waals surface area contributed by atoms with E-state index in [-0.39, 0.29) is 0 Å². The first-order chi connectivity index (χ1) is 7.31. The fourth-order valence-corrected chi connectivity index (χ4v) is 2.39. The van der Waals surface area contributed by atoms with Crippen LogP contribution in [0.4, 0.5) is 5.69 Å². The molecular formula is C13H17NO. The predicted molar refractivity (Wildman–Crippen MR) is 61.9 cm³/mol. The highest BCUT2D eigenvalue weighted by Gasteiger charge is 2.14. The average molecular weight is 203 g/mol. The lowest BCUT2D eigenvalue weighted by Crippen LogP contribution is -2.10. The number of carbonyl (C=O) groups excluding carboxylic acids is 1. The van der Waals surface area contributed by atoms with Gasteiger partial charge in [-0.25, -0.2) is 0 Å². The maximum Gasteiger partial charge on any atom is 0.211 e. The molecule has 1 aromatic rings. The van der Waals surface area contributed by atoms with Crippen LogP contribution in [-0.2, 0) is 17.6 Å². The van der Waals surface area contributed by atoms with Gasteiger partial charge in [0.2, 0.25) is 6.41 Å². The zero-order chi connectivity index (χ0) is 10.7. The molecule has 1 amide bonds. The molecule has 0 saturated heterocycles. The van der Waals surface area contributed by atoms with Crippen molar-refractivity contribution in [2.24, 2.45) is 5.92 Å². The number of rotatable bonds is 2. The van der Waals surface area contributed by atoms with Gasteiger partial charge in [-0.3, -0.25) is 4.79 Å². The number of aryl methyl sites for hydroxylation is 1. The topological polar surface area (TPSA) is 29.1 Å². The number of fused-ring (bicyclic) bond motifs is 2. The van der Waals surface area contributed by atoms with Crippen molar-refractivity contribution in [3.8, 4) is 0 Å². The number of benzene rings is 1. The Labute approximate surface area is 90.7 Å². The first-order valence-electron chi connectivity index (χ1n) is 5.62. The fourth-order valence-electron chi connectivity index (χ4n) is 2.39. The minimum atomic E-state index is 0.716. The van der Waals surface area contributed by atoms with Crippen LogP contribution in [0.5, 0.6) is 0 Å². The summed E-state index contributed by atoms with van der Waals surface area (Å²) in [5.41, 5.74) is 3.62. The van der Waals surface area contributed by atoms with Gasteiger partial charge >= 0.3 is 0 Å². The van der Waals surface area contributed by atoms with Crippen molar-refractivity contribution < 1.29 is 4.79 Å². The molecule has 1 aliphatic rings. The van der Waals surface area contributed by atoms with Gasteiger partial charge in [0.15, 0.2) is 0 Å². The van der Waals surface area contributed by atoms with Crippen LogP contribution in [-0.4, -0.2) is 6.41 Å². The first kappa shape index (κ1) is 10.2. The molecule has 0 aromatic heterocycles. The van der Waals surface area contributed by atoms with E-state index in [9.17, 15) is 4.79 Å². The Balaban J connectivity index is 2.40. The second-order valence-electron chi connectivity index (χ2n) is 4.41. The summed E-state index contributed by atoms with van der Waals surface area (Å²) in [5.74, 6) is 0.716. The summed E-state index contributed by atoms with van der Waals surface area (Å²) in [6, 6.07) is 6.33. The van der Waals surface area contributed by atoms with Gasteiger partial charge in [-0.1, -0.05) is 31.5 Å². The van der Waals surface area contributed by atoms with E-state index in [0.717, 1.165) is 24.9 Å². The Hall–Kier alpha value is -1.31. The van der Waals surface area contributed by atoms with Crippen molar-refractivity contribution in [1.82, 2.24) is 0 Å². The molecule has 2 bridgehead atoms. The SMILES string of the molecule is CC1CCCc2cccc(c2NC=O)C1. The molecule has 1 N–H and O–H groups in total. The van der Waals surface area contributed by atoms with Crippen molar-refractivity contribution in [1.29, 1.82) is 0 Å². The lowest BCUT2D eigenvalue weighted by Gasteiger charge is -2.20. The van der Waals surface area contributed by atoms with Crippen LogP contribution in [0.15, 0.2) is 18.2 Å². The molecule has 80 valence electrons. The number of anilines is 1. The average Bonchev–Trinajstić information content (AvgIpc) is 2.22. The van der Waals surface area contributed by atoms with E-state index < -0.39 is 0 Å². The Morgan fingerprint density at radius 3 is 3.00 bits per heavy atom. The van der Waals surface area contributed by atoms with E-state index in [1.165, 1.54) is 24.0 Å². The molecule has 0 spiro atoms. The zero-order valence-corrected chi connectivity index (χ0v) is 9.12. The second kappa shape index (κ2) is 4.47. The number of amides is 1. The zero-order valence-electron chi connectivity index (χ0n) is 9.12. The highest BCUT2D eigenvalue weighted by Crippen LogP contribution is 2.29. The summed E-state index contributed by atoms with van der Waals surface area (Å²) in [6.07, 6.45) is 5.44. The van der Waals surface area contributed by atoms with Gasteiger partial charge in [0, 0.05) is 5.69 Å². The maximum atomic E-state index is 10.6. The van der Waals surface area contributed by atoms with Crippen LogP contribution in [0.2, 0.25) is 0 Å². The van der Waals surface area contributed by atoms with Crippen molar-refractivity contribution >= 4 is 12.1 Å². The van der Waals surface area contributed by atoms with E-state index in [1.807, 2.05) is 0 Å². The van der Waals surface area contributed by atoms with E-state index in [1.54, 1.807) is 0 Å². The van der Waals surface area contributed by atoms with Crippen LogP contribution in [0, 0.1) is 5.92 Å². The lowest BCUT2D eigenvalue weighted by molar-refractivity contribution is -0.105. The molecule has 1 atom stereocenters. The molecule has 15 heavy (non-hydrogen) atoms. The third-order valence-electron chi connectivity index (χ3n) is 3.15. The summed E-state index contributed by atoms with van der Waals surface area (Å²) in [6.45, 7) is 2.28. The van der Waals surface area contributed by atoms with Crippen molar-refractivity contribution in [3.63, 3.8) is 0 Å². The van der Waals surface area contributed by atoms with Gasteiger partial charge < -0.3 is 5.32 Å². The Morgan fingerprint density at radius 2 is 2.20 bits per heavy atom. The largest absolute Gasteiger partial charge is 0.328 e. The van der Waals surface area contributed by atoms with Crippen molar-refractivity contribution in [3.05, 3.63) is 29.3 Å². The molecule has 2 rings (SSSR count). The standard InChI is InChI=1S/C13H17NO/c1-10-4-2-5-11-6-3-7-12(8-10)13(11)14-9-15/h3,6-7,9-10H,2,4-5,8H2,1H3,(H,14,15). The van der Waals surface area contributed by atoms with Crippen molar-refractivity contribution in [2.45, 2.75) is 32.6 Å². The minimum absolute atomic E-state index is 0.716. The van der Waals surface area contributed by atoms with Gasteiger partial charge in [-0.05, 0) is 36.3 Å². The summed E-state index contributed by atoms with van der Waals surface area (Å²) >= 11 is 0. The highest BCUT2D eigenvalue weighted by atomic mass is 16.1. The Morgan fingerprint density at radius 1 is 1.40 bits per heavy atom. The lowest BCUT2D eigenvalue weighted by atomic mass is 9.88. The normalized spacial score (nSPS) is 20.2. The van der Waals surface area contributed by atoms with Crippen LogP contribution in [0.25, 0.3) is 0 Å². The molecule has 1 aromatic carbocycles. The van der Waals surface area contributed by atoms with Gasteiger partial charge in [-0.15, -0.1) is 0 Å². The molecular weight excluding hydrogens is 186 g/mol. The van der Waals surface area contributed by atoms with Crippen LogP contribution < -0.4 is 5.32 Å². The third kappa shape index (κ3) is 2.20. The van der Waals surface area contributed by atoms with Crippen LogP contribution in [0.1, 0.15) is 30.9 Å². The van der Waals surface area contributed by atoms with E-state index in [0.29, 0.717) is 5.92 Å². The van der Waals surface area contributed by atoms with Crippen LogP contribution in [0.3, 0.4) is 0 Å². The van der Waals surface area contributed by atoms with Gasteiger partial charge in [0.1, 0.15) is 0 Å². The summed E-state index contributed by atoms with van der Waals surface area (Å²) in [7, 11) is 0. The molecule has 0 radical (unpaired) electrons. The number of hydrogen-bond donors (Lipinski definition) is 1. The summed E-state index contributed by atoms with van der Waals surface area (Å²) in [5, 5.41) is 2.85. The molecule has 0 saturated carbocycles. The number of carbonyl (C=O) groups is 1. The van der Waals surface area contributed by atoms with Gasteiger partial charge in [0.25, 0.3) is 0 Å². The molecule has 1 unspecified atom stereocenters. The van der Waals surface area contributed by atoms with Crippen molar-refractivity contribution in [2.75, 3.05) is 5.32 Å². The third-order valence-corrected chi connectivity index (χ3v) is 3.15. The van der Waals surface area contributed by atoms with E-state index in [4.69, 9.17) is 0 Å². The summed E-state index contributed by atoms with van der Waals surface area (Å²) in [4.78, 5) is 10.6.